The molecule has 0 aromatic carbocycles. The van der Waals surface area contributed by atoms with Gasteiger partial charge < -0.3 is 5.32 Å². The van der Waals surface area contributed by atoms with Crippen molar-refractivity contribution in [3.8, 4) is 0 Å². The molecule has 0 amide bonds. The molecule has 1 saturated heterocycles. The first kappa shape index (κ1) is 11.9. The van der Waals surface area contributed by atoms with Crippen LogP contribution < -0.4 is 5.32 Å². The highest BCUT2D eigenvalue weighted by molar-refractivity contribution is 8.14. The number of amidine groups is 1. The summed E-state index contributed by atoms with van der Waals surface area (Å²) in [6.07, 6.45) is 1.18. The van der Waals surface area contributed by atoms with Crippen molar-refractivity contribution in [2.24, 2.45) is 10.4 Å². The molecule has 0 bridgehead atoms. The number of thioether (sulfide) groups is 1. The van der Waals surface area contributed by atoms with E-state index in [2.05, 4.69) is 44.9 Å². The Hall–Kier alpha value is -0.180. The average Bonchev–Trinajstić information content (AvgIpc) is 2.43. The third kappa shape index (κ3) is 3.52. The van der Waals surface area contributed by atoms with E-state index in [4.69, 9.17) is 0 Å². The van der Waals surface area contributed by atoms with Crippen LogP contribution in [0.1, 0.15) is 41.0 Å². The van der Waals surface area contributed by atoms with Gasteiger partial charge in [0.2, 0.25) is 0 Å². The molecule has 0 aromatic rings. The monoisotopic (exact) mass is 214 g/mol. The molecule has 1 fully saturated rings. The Kier molecular flexibility index (Phi) is 3.51. The van der Waals surface area contributed by atoms with Crippen molar-refractivity contribution in [3.63, 3.8) is 0 Å². The van der Waals surface area contributed by atoms with E-state index < -0.39 is 0 Å². The predicted octanol–water partition coefficient (Wildman–Crippen LogP) is 2.89. The maximum atomic E-state index is 4.63. The van der Waals surface area contributed by atoms with Gasteiger partial charge in [-0.3, -0.25) is 4.99 Å². The first-order chi connectivity index (χ1) is 6.35. The largest absolute Gasteiger partial charge is 0.359 e. The summed E-state index contributed by atoms with van der Waals surface area (Å²) in [6, 6.07) is 0. The second-order valence-corrected chi connectivity index (χ2v) is 6.40. The molecule has 1 rings (SSSR count). The molecule has 0 radical (unpaired) electrons. The maximum absolute atomic E-state index is 4.63. The Morgan fingerprint density at radius 3 is 2.57 bits per heavy atom. The zero-order valence-corrected chi connectivity index (χ0v) is 10.8. The van der Waals surface area contributed by atoms with Gasteiger partial charge in [0.05, 0.1) is 0 Å². The highest BCUT2D eigenvalue weighted by Crippen LogP contribution is 2.24. The second kappa shape index (κ2) is 4.13. The molecule has 0 unspecified atom stereocenters. The first-order valence-corrected chi connectivity index (χ1v) is 6.29. The fraction of sp³-hybridized carbons (Fsp3) is 0.909. The number of nitrogens with one attached hydrogen (secondary N) is 1. The van der Waals surface area contributed by atoms with Crippen LogP contribution in [0.2, 0.25) is 0 Å². The van der Waals surface area contributed by atoms with Gasteiger partial charge in [0.25, 0.3) is 0 Å². The van der Waals surface area contributed by atoms with Crippen LogP contribution >= 0.6 is 11.8 Å². The van der Waals surface area contributed by atoms with Crippen molar-refractivity contribution in [1.82, 2.24) is 5.32 Å². The van der Waals surface area contributed by atoms with Crippen LogP contribution in [0.15, 0.2) is 4.99 Å². The van der Waals surface area contributed by atoms with E-state index in [-0.39, 0.29) is 5.54 Å². The van der Waals surface area contributed by atoms with Crippen molar-refractivity contribution in [2.75, 3.05) is 12.3 Å². The maximum Gasteiger partial charge on any atom is 0.157 e. The van der Waals surface area contributed by atoms with E-state index in [1.165, 1.54) is 6.42 Å². The third-order valence-corrected chi connectivity index (χ3v) is 3.99. The number of hydrogen-bond donors (Lipinski definition) is 1. The van der Waals surface area contributed by atoms with Crippen LogP contribution in [0, 0.1) is 5.41 Å². The van der Waals surface area contributed by atoms with Crippen LogP contribution in [0.4, 0.5) is 0 Å². The molecule has 2 nitrogen and oxygen atoms in total. The summed E-state index contributed by atoms with van der Waals surface area (Å²) in [4.78, 5) is 4.63. The highest BCUT2D eigenvalue weighted by Gasteiger charge is 2.27. The number of rotatable bonds is 3. The van der Waals surface area contributed by atoms with Crippen molar-refractivity contribution >= 4 is 16.9 Å². The van der Waals surface area contributed by atoms with Gasteiger partial charge in [-0.25, -0.2) is 0 Å². The minimum absolute atomic E-state index is 0.222. The van der Waals surface area contributed by atoms with E-state index in [1.807, 2.05) is 11.8 Å². The lowest BCUT2D eigenvalue weighted by Gasteiger charge is -2.20. The summed E-state index contributed by atoms with van der Waals surface area (Å²) in [6.45, 7) is 12.1. The summed E-state index contributed by atoms with van der Waals surface area (Å²) in [5.74, 6) is 1.12. The Labute approximate surface area is 92.0 Å². The van der Waals surface area contributed by atoms with Crippen molar-refractivity contribution in [3.05, 3.63) is 0 Å². The number of hydrogen-bond acceptors (Lipinski definition) is 2. The molecule has 1 aliphatic heterocycles. The number of aliphatic imine (C=N–C) groups is 1. The molecule has 0 saturated carbocycles. The van der Waals surface area contributed by atoms with Gasteiger partial charge in [-0.05, 0) is 25.7 Å². The number of nitrogens with zero attached hydrogens (tertiary/aromatic N) is 1. The predicted molar refractivity (Wildman–Crippen MR) is 66.0 cm³/mol. The van der Waals surface area contributed by atoms with E-state index in [1.54, 1.807) is 0 Å². The smallest absolute Gasteiger partial charge is 0.157 e. The van der Waals surface area contributed by atoms with Gasteiger partial charge in [-0.1, -0.05) is 32.5 Å². The molecular weight excluding hydrogens is 192 g/mol. The van der Waals surface area contributed by atoms with Crippen molar-refractivity contribution in [1.29, 1.82) is 0 Å². The van der Waals surface area contributed by atoms with Crippen molar-refractivity contribution in [2.45, 2.75) is 46.6 Å². The van der Waals surface area contributed by atoms with Crippen LogP contribution in [-0.2, 0) is 0 Å². The second-order valence-electron chi connectivity index (χ2n) is 5.44. The SMILES string of the molecule is CCC(C)(C)CN=C1NC(C)(C)CS1. The molecule has 3 heteroatoms. The molecule has 14 heavy (non-hydrogen) atoms. The third-order valence-electron chi connectivity index (χ3n) is 2.62. The van der Waals surface area contributed by atoms with Crippen LogP contribution in [0.5, 0.6) is 0 Å². The Balaban J connectivity index is 2.48. The van der Waals surface area contributed by atoms with Gasteiger partial charge in [-0.2, -0.15) is 0 Å². The molecule has 1 aliphatic rings. The molecule has 82 valence electrons. The lowest BCUT2D eigenvalue weighted by atomic mass is 9.91. The summed E-state index contributed by atoms with van der Waals surface area (Å²) < 4.78 is 0. The van der Waals surface area contributed by atoms with E-state index in [0.29, 0.717) is 5.41 Å². The Bertz CT molecular complexity index is 231. The zero-order chi connectivity index (χ0) is 10.8. The van der Waals surface area contributed by atoms with E-state index >= 15 is 0 Å². The molecule has 1 heterocycles. The summed E-state index contributed by atoms with van der Waals surface area (Å²) in [5, 5.41) is 4.56. The van der Waals surface area contributed by atoms with Gasteiger partial charge in [0.1, 0.15) is 0 Å². The Morgan fingerprint density at radius 2 is 2.14 bits per heavy atom. The molecule has 0 atom stereocenters. The summed E-state index contributed by atoms with van der Waals surface area (Å²) in [5.41, 5.74) is 0.557. The first-order valence-electron chi connectivity index (χ1n) is 5.30. The van der Waals surface area contributed by atoms with Crippen LogP contribution in [-0.4, -0.2) is 23.0 Å². The normalized spacial score (nSPS) is 23.9. The standard InChI is InChI=1S/C11H22N2S/c1-6-10(2,3)7-12-9-13-11(4,5)8-14-9/h6-8H2,1-5H3,(H,12,13). The van der Waals surface area contributed by atoms with Gasteiger partial charge >= 0.3 is 0 Å². The quantitative estimate of drug-likeness (QED) is 0.781. The van der Waals surface area contributed by atoms with Crippen molar-refractivity contribution < 1.29 is 0 Å². The van der Waals surface area contributed by atoms with E-state index in [0.717, 1.165) is 17.5 Å². The minimum atomic E-state index is 0.222. The van der Waals surface area contributed by atoms with E-state index in [9.17, 15) is 0 Å². The summed E-state index contributed by atoms with van der Waals surface area (Å²) in [7, 11) is 0. The lowest BCUT2D eigenvalue weighted by molar-refractivity contribution is 0.365. The fourth-order valence-corrected chi connectivity index (χ4v) is 2.17. The topological polar surface area (TPSA) is 24.4 Å². The Morgan fingerprint density at radius 1 is 1.50 bits per heavy atom. The zero-order valence-electron chi connectivity index (χ0n) is 9.98. The minimum Gasteiger partial charge on any atom is -0.359 e. The molecular formula is C11H22N2S. The lowest BCUT2D eigenvalue weighted by Crippen LogP contribution is -2.37. The molecule has 0 aromatic heterocycles. The van der Waals surface area contributed by atoms with Gasteiger partial charge in [0, 0.05) is 17.8 Å². The summed E-state index contributed by atoms with van der Waals surface area (Å²) >= 11 is 1.84. The highest BCUT2D eigenvalue weighted by atomic mass is 32.2. The van der Waals surface area contributed by atoms with Crippen LogP contribution in [0.3, 0.4) is 0 Å². The molecule has 0 spiro atoms. The van der Waals surface area contributed by atoms with Crippen LogP contribution in [0.25, 0.3) is 0 Å². The van der Waals surface area contributed by atoms with Gasteiger partial charge in [0.15, 0.2) is 5.17 Å². The van der Waals surface area contributed by atoms with Gasteiger partial charge in [-0.15, -0.1) is 0 Å². The fourth-order valence-electron chi connectivity index (χ4n) is 1.09. The molecule has 1 N–H and O–H groups in total. The average molecular weight is 214 g/mol. The molecule has 0 aliphatic carbocycles.